The van der Waals surface area contributed by atoms with Crippen molar-refractivity contribution < 1.29 is 0 Å². The highest BCUT2D eigenvalue weighted by Gasteiger charge is 2.27. The number of hydrogen-bond donors (Lipinski definition) is 1. The number of rotatable bonds is 1. The van der Waals surface area contributed by atoms with Gasteiger partial charge >= 0.3 is 0 Å². The minimum absolute atomic E-state index is 0.362. The lowest BCUT2D eigenvalue weighted by Crippen LogP contribution is -2.32. The maximum absolute atomic E-state index is 4.40. The molecule has 0 aromatic carbocycles. The molecule has 0 spiro atoms. The van der Waals surface area contributed by atoms with Crippen LogP contribution in [0.5, 0.6) is 0 Å². The molecule has 0 bridgehead atoms. The molecule has 0 amide bonds. The zero-order chi connectivity index (χ0) is 10.3. The van der Waals surface area contributed by atoms with Crippen LogP contribution in [0.4, 0.5) is 0 Å². The van der Waals surface area contributed by atoms with Crippen LogP contribution in [0, 0.1) is 0 Å². The third-order valence-electron chi connectivity index (χ3n) is 3.70. The summed E-state index contributed by atoms with van der Waals surface area (Å²) in [4.78, 5) is 0. The normalized spacial score (nSPS) is 26.9. The molecule has 4 heteroatoms. The second-order valence-corrected chi connectivity index (χ2v) is 4.73. The lowest BCUT2D eigenvalue weighted by atomic mass is 10.1. The average Bonchev–Trinajstić information content (AvgIpc) is 2.85. The van der Waals surface area contributed by atoms with Crippen LogP contribution in [0.2, 0.25) is 0 Å². The summed E-state index contributed by atoms with van der Waals surface area (Å²) < 4.78 is 2.34. The van der Waals surface area contributed by atoms with E-state index in [1.807, 2.05) is 0 Å². The van der Waals surface area contributed by atoms with Gasteiger partial charge in [-0.3, -0.25) is 0 Å². The van der Waals surface area contributed by atoms with Gasteiger partial charge in [0, 0.05) is 19.0 Å². The Morgan fingerprint density at radius 1 is 1.20 bits per heavy atom. The number of nitrogens with one attached hydrogen (secondary N) is 1. The standard InChI is InChI=1S/C11H18N4/c1-8-10-13-14-11(9-4-2-3-5-9)15(10)7-6-12-8/h8-9,12H,2-7H2,1H3/t8-/m0/s1. The SMILES string of the molecule is C[C@@H]1NCCn2c(C3CCCC3)nnc21. The molecule has 0 saturated heterocycles. The molecular formula is C11H18N4. The molecule has 1 aromatic heterocycles. The van der Waals surface area contributed by atoms with E-state index in [2.05, 4.69) is 27.0 Å². The Balaban J connectivity index is 1.95. The number of aromatic nitrogens is 3. The highest BCUT2D eigenvalue weighted by molar-refractivity contribution is 5.08. The van der Waals surface area contributed by atoms with Crippen LogP contribution >= 0.6 is 0 Å². The fourth-order valence-electron chi connectivity index (χ4n) is 2.85. The second kappa shape index (κ2) is 3.59. The molecular weight excluding hydrogens is 188 g/mol. The topological polar surface area (TPSA) is 42.7 Å². The van der Waals surface area contributed by atoms with Crippen molar-refractivity contribution in [3.05, 3.63) is 11.6 Å². The van der Waals surface area contributed by atoms with Gasteiger partial charge in [-0.15, -0.1) is 10.2 Å². The van der Waals surface area contributed by atoms with Crippen LogP contribution in [0.15, 0.2) is 0 Å². The molecule has 1 aliphatic carbocycles. The van der Waals surface area contributed by atoms with Gasteiger partial charge in [0.05, 0.1) is 6.04 Å². The van der Waals surface area contributed by atoms with Crippen molar-refractivity contribution in [1.29, 1.82) is 0 Å². The summed E-state index contributed by atoms with van der Waals surface area (Å²) in [6, 6.07) is 0.362. The van der Waals surface area contributed by atoms with E-state index >= 15 is 0 Å². The van der Waals surface area contributed by atoms with E-state index in [1.54, 1.807) is 0 Å². The van der Waals surface area contributed by atoms with Crippen molar-refractivity contribution in [3.8, 4) is 0 Å². The first-order chi connectivity index (χ1) is 7.36. The minimum Gasteiger partial charge on any atom is -0.312 e. The summed E-state index contributed by atoms with van der Waals surface area (Å²) in [5.74, 6) is 3.05. The van der Waals surface area contributed by atoms with Crippen LogP contribution in [-0.4, -0.2) is 21.3 Å². The molecule has 1 aliphatic heterocycles. The predicted molar refractivity (Wildman–Crippen MR) is 57.6 cm³/mol. The Kier molecular flexibility index (Phi) is 2.24. The summed E-state index contributed by atoms with van der Waals surface area (Å²) in [6.45, 7) is 4.25. The molecule has 1 N–H and O–H groups in total. The zero-order valence-electron chi connectivity index (χ0n) is 9.24. The van der Waals surface area contributed by atoms with E-state index < -0.39 is 0 Å². The van der Waals surface area contributed by atoms with Gasteiger partial charge in [0.1, 0.15) is 11.6 Å². The van der Waals surface area contributed by atoms with Gasteiger partial charge < -0.3 is 9.88 Å². The third kappa shape index (κ3) is 1.47. The Labute approximate surface area is 90.1 Å². The molecule has 1 fully saturated rings. The van der Waals surface area contributed by atoms with E-state index in [0.717, 1.165) is 18.9 Å². The van der Waals surface area contributed by atoms with E-state index in [-0.39, 0.29) is 0 Å². The molecule has 82 valence electrons. The lowest BCUT2D eigenvalue weighted by molar-refractivity contribution is 0.422. The van der Waals surface area contributed by atoms with Crippen LogP contribution in [0.1, 0.15) is 56.2 Å². The van der Waals surface area contributed by atoms with Gasteiger partial charge in [-0.05, 0) is 19.8 Å². The summed E-state index contributed by atoms with van der Waals surface area (Å²) in [5.41, 5.74) is 0. The van der Waals surface area contributed by atoms with Crippen molar-refractivity contribution >= 4 is 0 Å². The van der Waals surface area contributed by atoms with Crippen molar-refractivity contribution in [2.24, 2.45) is 0 Å². The van der Waals surface area contributed by atoms with Crippen molar-refractivity contribution in [2.45, 2.75) is 51.1 Å². The molecule has 2 aliphatic rings. The van der Waals surface area contributed by atoms with Crippen LogP contribution in [-0.2, 0) is 6.54 Å². The molecule has 0 unspecified atom stereocenters. The smallest absolute Gasteiger partial charge is 0.149 e. The summed E-state index contributed by atoms with van der Waals surface area (Å²) in [6.07, 6.45) is 5.33. The molecule has 3 rings (SSSR count). The summed E-state index contributed by atoms with van der Waals surface area (Å²) in [7, 11) is 0. The maximum atomic E-state index is 4.40. The Bertz CT molecular complexity index is 351. The van der Waals surface area contributed by atoms with Gasteiger partial charge in [-0.1, -0.05) is 12.8 Å². The highest BCUT2D eigenvalue weighted by atomic mass is 15.3. The Morgan fingerprint density at radius 3 is 2.73 bits per heavy atom. The number of hydrogen-bond acceptors (Lipinski definition) is 3. The molecule has 15 heavy (non-hydrogen) atoms. The zero-order valence-corrected chi connectivity index (χ0v) is 9.24. The molecule has 0 radical (unpaired) electrons. The van der Waals surface area contributed by atoms with Gasteiger partial charge in [-0.25, -0.2) is 0 Å². The monoisotopic (exact) mass is 206 g/mol. The van der Waals surface area contributed by atoms with Crippen molar-refractivity contribution in [2.75, 3.05) is 6.54 Å². The molecule has 4 nitrogen and oxygen atoms in total. The van der Waals surface area contributed by atoms with E-state index in [1.165, 1.54) is 31.5 Å². The van der Waals surface area contributed by atoms with E-state index in [4.69, 9.17) is 0 Å². The van der Waals surface area contributed by atoms with Crippen molar-refractivity contribution in [1.82, 2.24) is 20.1 Å². The van der Waals surface area contributed by atoms with E-state index in [9.17, 15) is 0 Å². The van der Waals surface area contributed by atoms with Gasteiger partial charge in [0.2, 0.25) is 0 Å². The second-order valence-electron chi connectivity index (χ2n) is 4.73. The summed E-state index contributed by atoms with van der Waals surface area (Å²) >= 11 is 0. The van der Waals surface area contributed by atoms with Crippen LogP contribution in [0.25, 0.3) is 0 Å². The number of nitrogens with zero attached hydrogens (tertiary/aromatic N) is 3. The molecule has 1 atom stereocenters. The first-order valence-electron chi connectivity index (χ1n) is 6.02. The predicted octanol–water partition coefficient (Wildman–Crippen LogP) is 1.60. The quantitative estimate of drug-likeness (QED) is 0.759. The Morgan fingerprint density at radius 2 is 1.93 bits per heavy atom. The largest absolute Gasteiger partial charge is 0.312 e. The van der Waals surface area contributed by atoms with Gasteiger partial charge in [0.25, 0.3) is 0 Å². The third-order valence-corrected chi connectivity index (χ3v) is 3.70. The fourth-order valence-corrected chi connectivity index (χ4v) is 2.85. The number of fused-ring (bicyclic) bond motifs is 1. The van der Waals surface area contributed by atoms with Gasteiger partial charge in [0.15, 0.2) is 0 Å². The average molecular weight is 206 g/mol. The maximum Gasteiger partial charge on any atom is 0.149 e. The molecule has 2 heterocycles. The Hall–Kier alpha value is -0.900. The van der Waals surface area contributed by atoms with Crippen molar-refractivity contribution in [3.63, 3.8) is 0 Å². The van der Waals surface area contributed by atoms with Crippen LogP contribution < -0.4 is 5.32 Å². The molecule has 1 aromatic rings. The first kappa shape index (κ1) is 9.33. The first-order valence-corrected chi connectivity index (χ1v) is 6.02. The fraction of sp³-hybridized carbons (Fsp3) is 0.818. The van der Waals surface area contributed by atoms with Crippen LogP contribution in [0.3, 0.4) is 0 Å². The summed E-state index contributed by atoms with van der Waals surface area (Å²) in [5, 5.41) is 12.2. The van der Waals surface area contributed by atoms with E-state index in [0.29, 0.717) is 12.0 Å². The molecule has 1 saturated carbocycles. The minimum atomic E-state index is 0.362. The lowest BCUT2D eigenvalue weighted by Gasteiger charge is -2.23. The van der Waals surface area contributed by atoms with Gasteiger partial charge in [-0.2, -0.15) is 0 Å². The highest BCUT2D eigenvalue weighted by Crippen LogP contribution is 2.34.